The fraction of sp³-hybridized carbons (Fsp3) is 0.500. The molecule has 0 unspecified atom stereocenters. The number of ether oxygens (including phenoxy) is 1. The fourth-order valence-corrected chi connectivity index (χ4v) is 2.45. The maximum absolute atomic E-state index is 12.4. The Morgan fingerprint density at radius 3 is 2.83 bits per heavy atom. The average Bonchev–Trinajstić information content (AvgIpc) is 3.12. The van der Waals surface area contributed by atoms with Crippen LogP contribution in [0.4, 0.5) is 0 Å². The summed E-state index contributed by atoms with van der Waals surface area (Å²) in [6.45, 7) is 2.46. The Morgan fingerprint density at radius 1 is 1.33 bits per heavy atom. The van der Waals surface area contributed by atoms with Crippen molar-refractivity contribution >= 4 is 5.91 Å². The number of fused-ring (bicyclic) bond motifs is 1. The predicted molar refractivity (Wildman–Crippen MR) is 68.0 cm³/mol. The third kappa shape index (κ3) is 2.13. The molecular weight excluding hydrogens is 228 g/mol. The van der Waals surface area contributed by atoms with E-state index < -0.39 is 0 Å². The number of nitrogens with two attached hydrogens (primary N) is 1. The minimum Gasteiger partial charge on any atom is -0.372 e. The van der Waals surface area contributed by atoms with Gasteiger partial charge in [-0.1, -0.05) is 6.07 Å². The first-order chi connectivity index (χ1) is 8.79. The summed E-state index contributed by atoms with van der Waals surface area (Å²) in [7, 11) is 0. The van der Waals surface area contributed by atoms with E-state index in [1.807, 2.05) is 23.1 Å². The molecule has 2 N–H and O–H groups in total. The van der Waals surface area contributed by atoms with Crippen molar-refractivity contribution in [1.29, 1.82) is 0 Å². The first-order valence-corrected chi connectivity index (χ1v) is 6.50. The van der Waals surface area contributed by atoms with Gasteiger partial charge in [0, 0.05) is 24.7 Å². The highest BCUT2D eigenvalue weighted by Gasteiger charge is 2.32. The second-order valence-electron chi connectivity index (χ2n) is 4.99. The van der Waals surface area contributed by atoms with E-state index in [2.05, 4.69) is 0 Å². The predicted octanol–water partition coefficient (Wildman–Crippen LogP) is 1.28. The molecule has 4 heteroatoms. The molecule has 1 fully saturated rings. The molecule has 0 spiro atoms. The number of carbonyl (C=O) groups is 1. The smallest absolute Gasteiger partial charge is 0.254 e. The molecule has 4 nitrogen and oxygen atoms in total. The molecule has 0 bridgehead atoms. The molecule has 1 aliphatic carbocycles. The van der Waals surface area contributed by atoms with E-state index in [1.54, 1.807) is 0 Å². The van der Waals surface area contributed by atoms with Gasteiger partial charge in [-0.05, 0) is 36.1 Å². The lowest BCUT2D eigenvalue weighted by Crippen LogP contribution is -2.37. The van der Waals surface area contributed by atoms with Gasteiger partial charge in [-0.3, -0.25) is 4.79 Å². The van der Waals surface area contributed by atoms with Gasteiger partial charge in [0.05, 0.1) is 13.2 Å². The number of carbonyl (C=O) groups excluding carboxylic acids is 1. The summed E-state index contributed by atoms with van der Waals surface area (Å²) in [4.78, 5) is 14.4. The van der Waals surface area contributed by atoms with E-state index in [0.29, 0.717) is 32.3 Å². The second kappa shape index (κ2) is 4.71. The van der Waals surface area contributed by atoms with E-state index >= 15 is 0 Å². The van der Waals surface area contributed by atoms with Crippen LogP contribution in [0, 0.1) is 0 Å². The highest BCUT2D eigenvalue weighted by Crippen LogP contribution is 2.29. The summed E-state index contributed by atoms with van der Waals surface area (Å²) in [5, 5.41) is 0. The SMILES string of the molecule is NCCN(C(=O)c1ccc2c(c1)COC2)C1CC1. The number of rotatable bonds is 4. The molecule has 0 atom stereocenters. The van der Waals surface area contributed by atoms with Gasteiger partial charge >= 0.3 is 0 Å². The van der Waals surface area contributed by atoms with E-state index in [1.165, 1.54) is 5.56 Å². The zero-order valence-corrected chi connectivity index (χ0v) is 10.4. The number of hydrogen-bond donors (Lipinski definition) is 1. The highest BCUT2D eigenvalue weighted by molar-refractivity contribution is 5.95. The van der Waals surface area contributed by atoms with Gasteiger partial charge in [0.2, 0.25) is 0 Å². The molecule has 1 amide bonds. The lowest BCUT2D eigenvalue weighted by atomic mass is 10.1. The van der Waals surface area contributed by atoms with Crippen LogP contribution in [0.2, 0.25) is 0 Å². The van der Waals surface area contributed by atoms with Crippen LogP contribution < -0.4 is 5.73 Å². The second-order valence-corrected chi connectivity index (χ2v) is 4.99. The minimum atomic E-state index is 0.109. The summed E-state index contributed by atoms with van der Waals surface area (Å²) in [6, 6.07) is 6.28. The molecule has 2 aliphatic rings. The van der Waals surface area contributed by atoms with E-state index in [-0.39, 0.29) is 5.91 Å². The van der Waals surface area contributed by atoms with Crippen LogP contribution in [0.25, 0.3) is 0 Å². The Bertz CT molecular complexity index is 469. The van der Waals surface area contributed by atoms with Crippen LogP contribution in [0.3, 0.4) is 0 Å². The summed E-state index contributed by atoms with van der Waals surface area (Å²) in [5.41, 5.74) is 8.69. The third-order valence-electron chi connectivity index (χ3n) is 3.59. The van der Waals surface area contributed by atoms with Crippen LogP contribution in [0.15, 0.2) is 18.2 Å². The average molecular weight is 246 g/mol. The Morgan fingerprint density at radius 2 is 2.11 bits per heavy atom. The normalized spacial score (nSPS) is 17.6. The topological polar surface area (TPSA) is 55.6 Å². The Kier molecular flexibility index (Phi) is 3.06. The van der Waals surface area contributed by atoms with Crippen LogP contribution >= 0.6 is 0 Å². The molecular formula is C14H18N2O2. The lowest BCUT2D eigenvalue weighted by molar-refractivity contribution is 0.0748. The summed E-state index contributed by atoms with van der Waals surface area (Å²) >= 11 is 0. The minimum absolute atomic E-state index is 0.109. The Hall–Kier alpha value is -1.39. The quantitative estimate of drug-likeness (QED) is 0.870. The van der Waals surface area contributed by atoms with Gasteiger partial charge in [-0.2, -0.15) is 0 Å². The number of benzene rings is 1. The third-order valence-corrected chi connectivity index (χ3v) is 3.59. The summed E-state index contributed by atoms with van der Waals surface area (Å²) in [5.74, 6) is 0.109. The molecule has 0 aromatic heterocycles. The van der Waals surface area contributed by atoms with Crippen molar-refractivity contribution in [2.75, 3.05) is 13.1 Å². The van der Waals surface area contributed by atoms with Gasteiger partial charge in [0.1, 0.15) is 0 Å². The zero-order chi connectivity index (χ0) is 12.5. The van der Waals surface area contributed by atoms with E-state index in [9.17, 15) is 4.79 Å². The number of hydrogen-bond acceptors (Lipinski definition) is 3. The van der Waals surface area contributed by atoms with Gasteiger partial charge < -0.3 is 15.4 Å². The van der Waals surface area contributed by atoms with Crippen molar-refractivity contribution in [1.82, 2.24) is 4.90 Å². The molecule has 1 aliphatic heterocycles. The molecule has 0 radical (unpaired) electrons. The Labute approximate surface area is 107 Å². The molecule has 3 rings (SSSR count). The van der Waals surface area contributed by atoms with Gasteiger partial charge in [-0.25, -0.2) is 0 Å². The zero-order valence-electron chi connectivity index (χ0n) is 10.4. The van der Waals surface area contributed by atoms with Crippen LogP contribution in [-0.2, 0) is 18.0 Å². The van der Waals surface area contributed by atoms with Crippen molar-refractivity contribution in [2.24, 2.45) is 5.73 Å². The van der Waals surface area contributed by atoms with Crippen LogP contribution in [0.1, 0.15) is 34.3 Å². The first kappa shape index (κ1) is 11.7. The van der Waals surface area contributed by atoms with Crippen molar-refractivity contribution in [3.8, 4) is 0 Å². The van der Waals surface area contributed by atoms with E-state index in [0.717, 1.165) is 24.0 Å². The van der Waals surface area contributed by atoms with Gasteiger partial charge in [-0.15, -0.1) is 0 Å². The van der Waals surface area contributed by atoms with Crippen molar-refractivity contribution < 1.29 is 9.53 Å². The molecule has 18 heavy (non-hydrogen) atoms. The molecule has 1 heterocycles. The van der Waals surface area contributed by atoms with Crippen molar-refractivity contribution in [2.45, 2.75) is 32.1 Å². The largest absolute Gasteiger partial charge is 0.372 e. The standard InChI is InChI=1S/C14H18N2O2/c15-5-6-16(13-3-4-13)14(17)10-1-2-11-8-18-9-12(11)7-10/h1-2,7,13H,3-6,8-9,15H2. The lowest BCUT2D eigenvalue weighted by Gasteiger charge is -2.21. The Balaban J connectivity index is 1.82. The molecule has 96 valence electrons. The number of nitrogens with zero attached hydrogens (tertiary/aromatic N) is 1. The summed E-state index contributed by atoms with van der Waals surface area (Å²) in [6.07, 6.45) is 2.22. The molecule has 0 saturated heterocycles. The van der Waals surface area contributed by atoms with Crippen LogP contribution in [-0.4, -0.2) is 29.9 Å². The van der Waals surface area contributed by atoms with Gasteiger partial charge in [0.15, 0.2) is 0 Å². The van der Waals surface area contributed by atoms with Crippen molar-refractivity contribution in [3.63, 3.8) is 0 Å². The first-order valence-electron chi connectivity index (χ1n) is 6.50. The van der Waals surface area contributed by atoms with Gasteiger partial charge in [0.25, 0.3) is 5.91 Å². The molecule has 1 aromatic carbocycles. The number of amides is 1. The molecule has 1 saturated carbocycles. The molecule has 1 aromatic rings. The van der Waals surface area contributed by atoms with E-state index in [4.69, 9.17) is 10.5 Å². The fourth-order valence-electron chi connectivity index (χ4n) is 2.45. The monoisotopic (exact) mass is 246 g/mol. The van der Waals surface area contributed by atoms with Crippen molar-refractivity contribution in [3.05, 3.63) is 34.9 Å². The highest BCUT2D eigenvalue weighted by atomic mass is 16.5. The maximum atomic E-state index is 12.4. The maximum Gasteiger partial charge on any atom is 0.254 e. The van der Waals surface area contributed by atoms with Crippen LogP contribution in [0.5, 0.6) is 0 Å². The summed E-state index contributed by atoms with van der Waals surface area (Å²) < 4.78 is 5.37.